The predicted octanol–water partition coefficient (Wildman–Crippen LogP) is -4.42. The second-order valence-corrected chi connectivity index (χ2v) is 17.1. The molecule has 0 unspecified atom stereocenters. The first-order valence-corrected chi connectivity index (χ1v) is 21.7. The minimum atomic E-state index is -0.0308. The zero-order chi connectivity index (χ0) is 49.8. The molecule has 0 spiro atoms. The number of benzene rings is 9. The Labute approximate surface area is 429 Å². The molecule has 10 aromatic rings. The lowest BCUT2D eigenvalue weighted by Crippen LogP contribution is -2.55. The Morgan fingerprint density at radius 3 is 1.36 bits per heavy atom. The summed E-state index contributed by atoms with van der Waals surface area (Å²) in [5.41, 5.74) is 8.64. The number of nitrogens with zero attached hydrogens (tertiary/aromatic N) is 1. The van der Waals surface area contributed by atoms with Crippen molar-refractivity contribution < 1.29 is 4.42 Å². The third-order valence-corrected chi connectivity index (χ3v) is 13.3. The highest BCUT2D eigenvalue weighted by atomic mass is 16.3. The summed E-state index contributed by atoms with van der Waals surface area (Å²) in [6.45, 7) is 0. The Morgan fingerprint density at radius 2 is 0.743 bits per heavy atom. The highest BCUT2D eigenvalue weighted by Gasteiger charge is 2.26. The van der Waals surface area contributed by atoms with Crippen molar-refractivity contribution in [1.29, 1.82) is 0 Å². The van der Waals surface area contributed by atoms with Crippen molar-refractivity contribution in [2.24, 2.45) is 0 Å². The maximum Gasteiger partial charge on any atom is 0.136 e. The lowest BCUT2D eigenvalue weighted by Gasteiger charge is -2.34. The third-order valence-electron chi connectivity index (χ3n) is 13.3. The Bertz CT molecular complexity index is 3790. The SMILES string of the molecule is [B]c1c([B])c([B])c(-c2cccc(N(c3ccc(-c4ccc(-c5cccc6oc7ccccc7c56)cc4)cc3)c3c([B])c([B])c(-c4c([B])c([B])c([B])c5c([B])c([B])c([B])c([B])c45)c([B])c3[B])c2)c([B])c1[B]. The zero-order valence-electron chi connectivity index (χ0n) is 37.6. The molecule has 0 bridgehead atoms. The van der Waals surface area contributed by atoms with E-state index in [4.69, 9.17) is 130 Å². The summed E-state index contributed by atoms with van der Waals surface area (Å²) in [5.74, 6) is 0. The van der Waals surface area contributed by atoms with E-state index in [1.807, 2.05) is 66.7 Å². The van der Waals surface area contributed by atoms with E-state index >= 15 is 0 Å². The Balaban J connectivity index is 1.15. The topological polar surface area (TPSA) is 16.4 Å². The van der Waals surface area contributed by atoms with Crippen molar-refractivity contribution in [3.8, 4) is 44.5 Å². The number of fused-ring (bicyclic) bond motifs is 4. The van der Waals surface area contributed by atoms with Crippen LogP contribution >= 0.6 is 0 Å². The van der Waals surface area contributed by atoms with Gasteiger partial charge in [0.15, 0.2) is 0 Å². The van der Waals surface area contributed by atoms with E-state index in [1.165, 1.54) is 0 Å². The smallest absolute Gasteiger partial charge is 0.136 e. The maximum atomic E-state index is 7.15. The van der Waals surface area contributed by atoms with Crippen LogP contribution in [0, 0.1) is 0 Å². The molecule has 0 aliphatic rings. The highest BCUT2D eigenvalue weighted by Crippen LogP contribution is 2.39. The molecule has 0 saturated carbocycles. The van der Waals surface area contributed by atoms with Gasteiger partial charge in [-0.3, -0.25) is 0 Å². The summed E-state index contributed by atoms with van der Waals surface area (Å²) in [7, 11) is 106. The van der Waals surface area contributed by atoms with Crippen LogP contribution in [0.25, 0.3) is 77.2 Å². The average molecular weight is 847 g/mol. The van der Waals surface area contributed by atoms with Crippen LogP contribution in [-0.2, 0) is 0 Å². The van der Waals surface area contributed by atoms with E-state index in [0.29, 0.717) is 22.5 Å². The van der Waals surface area contributed by atoms with Crippen molar-refractivity contribution in [3.05, 3.63) is 115 Å². The fraction of sp³-hybridized carbons (Fsp3) is 0. The lowest BCUT2D eigenvalue weighted by atomic mass is 9.56. The van der Waals surface area contributed by atoms with Crippen LogP contribution in [0.15, 0.2) is 120 Å². The Morgan fingerprint density at radius 1 is 0.286 bits per heavy atom. The van der Waals surface area contributed by atoms with Crippen LogP contribution in [0.2, 0.25) is 0 Å². The summed E-state index contributed by atoms with van der Waals surface area (Å²) in [6, 6.07) is 37.4. The van der Waals surface area contributed by atoms with Gasteiger partial charge in [-0.05, 0) is 91.7 Å². The molecule has 70 heavy (non-hydrogen) atoms. The number of hydrogen-bond donors (Lipinski definition) is 0. The molecule has 1 aromatic heterocycles. The van der Waals surface area contributed by atoms with Gasteiger partial charge >= 0.3 is 0 Å². The first-order chi connectivity index (χ1) is 33.4. The van der Waals surface area contributed by atoms with Crippen LogP contribution in [0.4, 0.5) is 17.1 Å². The molecular formula is C52H19B16NO. The van der Waals surface area contributed by atoms with Crippen molar-refractivity contribution in [1.82, 2.24) is 0 Å². The van der Waals surface area contributed by atoms with Crippen LogP contribution in [0.1, 0.15) is 0 Å². The number of rotatable bonds is 7. The van der Waals surface area contributed by atoms with Gasteiger partial charge in [0, 0.05) is 27.8 Å². The van der Waals surface area contributed by atoms with Gasteiger partial charge in [-0.2, -0.15) is 0 Å². The number of hydrogen-bond acceptors (Lipinski definition) is 2. The molecule has 0 aliphatic heterocycles. The third kappa shape index (κ3) is 7.33. The fourth-order valence-corrected chi connectivity index (χ4v) is 9.53. The second-order valence-electron chi connectivity index (χ2n) is 17.1. The van der Waals surface area contributed by atoms with Gasteiger partial charge < -0.3 is 9.32 Å². The second kappa shape index (κ2) is 17.9. The van der Waals surface area contributed by atoms with Gasteiger partial charge in [0.05, 0.1) is 0 Å². The molecule has 0 aliphatic carbocycles. The van der Waals surface area contributed by atoms with E-state index in [-0.39, 0.29) is 115 Å². The minimum absolute atomic E-state index is 0.00472. The van der Waals surface area contributed by atoms with Gasteiger partial charge in [-0.25, -0.2) is 0 Å². The van der Waals surface area contributed by atoms with E-state index in [0.717, 1.165) is 44.2 Å². The van der Waals surface area contributed by atoms with Crippen LogP contribution in [0.3, 0.4) is 0 Å². The van der Waals surface area contributed by atoms with Crippen molar-refractivity contribution in [2.75, 3.05) is 4.90 Å². The molecule has 0 saturated heterocycles. The Kier molecular flexibility index (Phi) is 12.2. The lowest BCUT2D eigenvalue weighted by molar-refractivity contribution is 0.669. The summed E-state index contributed by atoms with van der Waals surface area (Å²) >= 11 is 0. The molecule has 0 amide bonds. The molecule has 9 aromatic carbocycles. The van der Waals surface area contributed by atoms with Gasteiger partial charge in [0.25, 0.3) is 0 Å². The minimum Gasteiger partial charge on any atom is -0.456 e. The molecule has 1 heterocycles. The summed E-state index contributed by atoms with van der Waals surface area (Å²) < 4.78 is 6.16. The molecule has 2 nitrogen and oxygen atoms in total. The molecule has 0 atom stereocenters. The van der Waals surface area contributed by atoms with Gasteiger partial charge in [-0.1, -0.05) is 133 Å². The molecule has 0 N–H and O–H groups in total. The molecule has 10 rings (SSSR count). The standard InChI is InChI=1S/C52H19B16NO/c53-36-30(37(54)46(63)49(66)45(36)62)23-5-3-6-25(19-23)69(24-17-15-21(16-18-24)20-11-13-22(14-12-20)26-8-4-10-29-31(26)27-7-1-2-9-28(27)70-29)52-50(67)42(59)35(43(60)51(52)68)33-32-34(40(57)44(61)38(33)55)41(58)48(65)47(64)39(32)56/h1-19H. The Hall–Kier alpha value is -6.12. The molecule has 32 radical (unpaired) electrons. The van der Waals surface area contributed by atoms with Gasteiger partial charge in [0.2, 0.25) is 0 Å². The van der Waals surface area contributed by atoms with Crippen molar-refractivity contribution >= 4 is 263 Å². The molecule has 286 valence electrons. The number of anilines is 3. The molecular weight excluding hydrogens is 828 g/mol. The van der Waals surface area contributed by atoms with Crippen molar-refractivity contribution in [3.63, 3.8) is 0 Å². The normalized spacial score (nSPS) is 11.5. The summed E-state index contributed by atoms with van der Waals surface area (Å²) in [5, 5.41) is 2.51. The van der Waals surface area contributed by atoms with E-state index in [9.17, 15) is 0 Å². The first kappa shape index (κ1) is 47.6. The number of para-hydroxylation sites is 1. The number of furan rings is 1. The van der Waals surface area contributed by atoms with Gasteiger partial charge in [0.1, 0.15) is 137 Å². The predicted molar refractivity (Wildman–Crippen MR) is 314 cm³/mol. The quantitative estimate of drug-likeness (QED) is 0.151. The molecule has 0 fully saturated rings. The monoisotopic (exact) mass is 849 g/mol. The maximum absolute atomic E-state index is 7.15. The van der Waals surface area contributed by atoms with Crippen molar-refractivity contribution in [2.45, 2.75) is 0 Å². The van der Waals surface area contributed by atoms with E-state index in [2.05, 4.69) is 36.4 Å². The van der Waals surface area contributed by atoms with Crippen LogP contribution < -0.4 is 92.3 Å². The van der Waals surface area contributed by atoms with Crippen LogP contribution in [-0.4, -0.2) is 126 Å². The largest absolute Gasteiger partial charge is 0.456 e. The summed E-state index contributed by atoms with van der Waals surface area (Å²) in [6.07, 6.45) is 0. The highest BCUT2D eigenvalue weighted by molar-refractivity contribution is 6.73. The van der Waals surface area contributed by atoms with Gasteiger partial charge in [-0.15, -0.1) is 32.8 Å². The van der Waals surface area contributed by atoms with E-state index in [1.54, 1.807) is 17.0 Å². The zero-order valence-corrected chi connectivity index (χ0v) is 37.6. The van der Waals surface area contributed by atoms with E-state index < -0.39 is 0 Å². The molecule has 18 heteroatoms. The fourth-order valence-electron chi connectivity index (χ4n) is 9.53. The summed E-state index contributed by atoms with van der Waals surface area (Å²) in [4.78, 5) is 1.80. The first-order valence-electron chi connectivity index (χ1n) is 21.7. The average Bonchev–Trinajstić information content (AvgIpc) is 3.76. The van der Waals surface area contributed by atoms with Crippen LogP contribution in [0.5, 0.6) is 0 Å².